The number of hydrogen-bond donors (Lipinski definition) is 1. The third-order valence-electron chi connectivity index (χ3n) is 4.39. The van der Waals surface area contributed by atoms with Crippen molar-refractivity contribution in [2.75, 3.05) is 18.4 Å². The summed E-state index contributed by atoms with van der Waals surface area (Å²) in [4.78, 5) is 14.1. The second-order valence-corrected chi connectivity index (χ2v) is 8.08. The highest BCUT2D eigenvalue weighted by Gasteiger charge is 2.30. The minimum atomic E-state index is -0.455. The number of nitrogens with one attached hydrogen (secondary N) is 1. The normalized spacial score (nSPS) is 19.8. The average molecular weight is 353 g/mol. The molecule has 0 aliphatic carbocycles. The summed E-state index contributed by atoms with van der Waals surface area (Å²) in [5.74, 6) is 0.378. The van der Waals surface area contributed by atoms with Crippen LogP contribution in [0.15, 0.2) is 18.2 Å². The SMILES string of the molecule is Cc1cccc(NC(C)C2CCCN(C(=O)OC(C)(C)C)C2)c1Cl. The lowest BCUT2D eigenvalue weighted by Gasteiger charge is -2.37. The number of piperidine rings is 1. The molecule has 0 radical (unpaired) electrons. The lowest BCUT2D eigenvalue weighted by atomic mass is 9.91. The predicted molar refractivity (Wildman–Crippen MR) is 99.8 cm³/mol. The Morgan fingerprint density at radius 3 is 2.79 bits per heavy atom. The van der Waals surface area contributed by atoms with Crippen LogP contribution in [0.1, 0.15) is 46.1 Å². The molecule has 2 rings (SSSR count). The lowest BCUT2D eigenvalue weighted by molar-refractivity contribution is 0.0159. The predicted octanol–water partition coefficient (Wildman–Crippen LogP) is 5.10. The molecule has 134 valence electrons. The van der Waals surface area contributed by atoms with Gasteiger partial charge in [-0.25, -0.2) is 4.79 Å². The van der Waals surface area contributed by atoms with E-state index in [2.05, 4.69) is 12.2 Å². The summed E-state index contributed by atoms with van der Waals surface area (Å²) >= 11 is 6.38. The van der Waals surface area contributed by atoms with E-state index in [9.17, 15) is 4.79 Å². The number of carbonyl (C=O) groups excluding carboxylic acids is 1. The first kappa shape index (κ1) is 18.9. The Bertz CT molecular complexity index is 583. The Morgan fingerprint density at radius 1 is 1.42 bits per heavy atom. The van der Waals surface area contributed by atoms with Crippen LogP contribution in [0.5, 0.6) is 0 Å². The average Bonchev–Trinajstić information content (AvgIpc) is 2.50. The molecule has 2 atom stereocenters. The van der Waals surface area contributed by atoms with Crippen LogP contribution >= 0.6 is 11.6 Å². The Labute approximate surface area is 150 Å². The molecule has 1 aromatic carbocycles. The zero-order valence-electron chi connectivity index (χ0n) is 15.4. The van der Waals surface area contributed by atoms with Gasteiger partial charge in [0, 0.05) is 19.1 Å². The van der Waals surface area contributed by atoms with Gasteiger partial charge in [-0.2, -0.15) is 0 Å². The van der Waals surface area contributed by atoms with Crippen molar-refractivity contribution in [3.63, 3.8) is 0 Å². The number of hydrogen-bond acceptors (Lipinski definition) is 3. The second kappa shape index (κ2) is 7.64. The molecule has 0 spiro atoms. The second-order valence-electron chi connectivity index (χ2n) is 7.70. The minimum Gasteiger partial charge on any atom is -0.444 e. The Hall–Kier alpha value is -1.42. The number of carbonyl (C=O) groups is 1. The molecule has 5 heteroatoms. The highest BCUT2D eigenvalue weighted by Crippen LogP contribution is 2.29. The van der Waals surface area contributed by atoms with E-state index in [1.165, 1.54) is 0 Å². The molecule has 24 heavy (non-hydrogen) atoms. The first-order valence-electron chi connectivity index (χ1n) is 8.67. The molecule has 1 aliphatic heterocycles. The first-order chi connectivity index (χ1) is 11.2. The van der Waals surface area contributed by atoms with Crippen molar-refractivity contribution in [3.8, 4) is 0 Å². The maximum Gasteiger partial charge on any atom is 0.410 e. The summed E-state index contributed by atoms with van der Waals surface area (Å²) in [6.07, 6.45) is 1.88. The van der Waals surface area contributed by atoms with Gasteiger partial charge in [0.15, 0.2) is 0 Å². The largest absolute Gasteiger partial charge is 0.444 e. The van der Waals surface area contributed by atoms with Gasteiger partial charge in [-0.3, -0.25) is 0 Å². The van der Waals surface area contributed by atoms with Gasteiger partial charge >= 0.3 is 6.09 Å². The quantitative estimate of drug-likeness (QED) is 0.823. The number of halogens is 1. The van der Waals surface area contributed by atoms with E-state index in [0.717, 1.165) is 35.7 Å². The third kappa shape index (κ3) is 5.04. The van der Waals surface area contributed by atoms with Gasteiger partial charge in [-0.1, -0.05) is 23.7 Å². The molecule has 4 nitrogen and oxygen atoms in total. The summed E-state index contributed by atoms with van der Waals surface area (Å²) in [7, 11) is 0. The van der Waals surface area contributed by atoms with Crippen LogP contribution in [-0.4, -0.2) is 35.7 Å². The molecule has 1 aromatic rings. The molecule has 1 N–H and O–H groups in total. The Kier molecular flexibility index (Phi) is 6.02. The number of ether oxygens (including phenoxy) is 1. The van der Waals surface area contributed by atoms with Gasteiger partial charge in [-0.15, -0.1) is 0 Å². The van der Waals surface area contributed by atoms with Crippen molar-refractivity contribution >= 4 is 23.4 Å². The zero-order valence-corrected chi connectivity index (χ0v) is 16.1. The Balaban J connectivity index is 1.98. The molecule has 1 saturated heterocycles. The summed E-state index contributed by atoms with van der Waals surface area (Å²) in [6.45, 7) is 11.3. The van der Waals surface area contributed by atoms with Gasteiger partial charge in [-0.05, 0) is 65.0 Å². The fourth-order valence-corrected chi connectivity index (χ4v) is 3.21. The fourth-order valence-electron chi connectivity index (χ4n) is 3.03. The molecular weight excluding hydrogens is 324 g/mol. The minimum absolute atomic E-state index is 0.215. The number of benzene rings is 1. The molecule has 1 heterocycles. The number of rotatable bonds is 3. The molecule has 1 fully saturated rings. The summed E-state index contributed by atoms with van der Waals surface area (Å²) in [6, 6.07) is 6.24. The van der Waals surface area contributed by atoms with Crippen molar-refractivity contribution in [1.29, 1.82) is 0 Å². The maximum absolute atomic E-state index is 12.3. The monoisotopic (exact) mass is 352 g/mol. The van der Waals surface area contributed by atoms with E-state index in [1.807, 2.05) is 50.8 Å². The molecule has 0 saturated carbocycles. The van der Waals surface area contributed by atoms with Gasteiger partial charge < -0.3 is 15.0 Å². The number of anilines is 1. The Morgan fingerprint density at radius 2 is 2.12 bits per heavy atom. The third-order valence-corrected chi connectivity index (χ3v) is 4.89. The molecule has 0 bridgehead atoms. The van der Waals surface area contributed by atoms with E-state index in [-0.39, 0.29) is 12.1 Å². The van der Waals surface area contributed by atoms with Crippen molar-refractivity contribution < 1.29 is 9.53 Å². The molecule has 2 unspecified atom stereocenters. The number of amides is 1. The van der Waals surface area contributed by atoms with Crippen molar-refractivity contribution in [2.45, 2.75) is 59.1 Å². The molecular formula is C19H29ClN2O2. The summed E-state index contributed by atoms with van der Waals surface area (Å²) in [5, 5.41) is 4.29. The first-order valence-corrected chi connectivity index (χ1v) is 9.05. The number of likely N-dealkylation sites (tertiary alicyclic amines) is 1. The van der Waals surface area contributed by atoms with Gasteiger partial charge in [0.2, 0.25) is 0 Å². The molecule has 1 amide bonds. The van der Waals surface area contributed by atoms with E-state index in [1.54, 1.807) is 0 Å². The van der Waals surface area contributed by atoms with Gasteiger partial charge in [0.25, 0.3) is 0 Å². The van der Waals surface area contributed by atoms with E-state index < -0.39 is 5.60 Å². The van der Waals surface area contributed by atoms with Crippen molar-refractivity contribution in [1.82, 2.24) is 4.90 Å². The smallest absolute Gasteiger partial charge is 0.410 e. The highest BCUT2D eigenvalue weighted by atomic mass is 35.5. The van der Waals surface area contributed by atoms with E-state index in [4.69, 9.17) is 16.3 Å². The lowest BCUT2D eigenvalue weighted by Crippen LogP contribution is -2.46. The molecule has 1 aliphatic rings. The standard InChI is InChI=1S/C19H29ClN2O2/c1-13-8-6-10-16(17(13)20)21-14(2)15-9-7-11-22(12-15)18(23)24-19(3,4)5/h6,8,10,14-15,21H,7,9,11-12H2,1-5H3. The maximum atomic E-state index is 12.3. The van der Waals surface area contributed by atoms with Crippen molar-refractivity contribution in [3.05, 3.63) is 28.8 Å². The summed E-state index contributed by atoms with van der Waals surface area (Å²) in [5.41, 5.74) is 1.56. The van der Waals surface area contributed by atoms with Gasteiger partial charge in [0.1, 0.15) is 5.60 Å². The van der Waals surface area contributed by atoms with Crippen LogP contribution in [0.4, 0.5) is 10.5 Å². The van der Waals surface area contributed by atoms with Crippen LogP contribution in [0.2, 0.25) is 5.02 Å². The topological polar surface area (TPSA) is 41.6 Å². The van der Waals surface area contributed by atoms with Crippen LogP contribution in [0.3, 0.4) is 0 Å². The van der Waals surface area contributed by atoms with Gasteiger partial charge in [0.05, 0.1) is 10.7 Å². The number of nitrogens with zero attached hydrogens (tertiary/aromatic N) is 1. The van der Waals surface area contributed by atoms with Crippen LogP contribution in [0, 0.1) is 12.8 Å². The van der Waals surface area contributed by atoms with Crippen molar-refractivity contribution in [2.24, 2.45) is 5.92 Å². The summed E-state index contributed by atoms with van der Waals surface area (Å²) < 4.78 is 5.50. The zero-order chi connectivity index (χ0) is 17.9. The van der Waals surface area contributed by atoms with E-state index >= 15 is 0 Å². The van der Waals surface area contributed by atoms with Crippen LogP contribution < -0.4 is 5.32 Å². The fraction of sp³-hybridized carbons (Fsp3) is 0.632. The highest BCUT2D eigenvalue weighted by molar-refractivity contribution is 6.34. The van der Waals surface area contributed by atoms with Crippen LogP contribution in [-0.2, 0) is 4.74 Å². The number of aryl methyl sites for hydroxylation is 1. The van der Waals surface area contributed by atoms with E-state index in [0.29, 0.717) is 12.5 Å². The molecule has 0 aromatic heterocycles. The van der Waals surface area contributed by atoms with Crippen LogP contribution in [0.25, 0.3) is 0 Å².